The molecule has 53 heavy (non-hydrogen) atoms. The van der Waals surface area contributed by atoms with Crippen LogP contribution in [-0.4, -0.2) is 24.6 Å². The Morgan fingerprint density at radius 3 is 0.453 bits per heavy atom. The molecule has 0 bridgehead atoms. The van der Waals surface area contributed by atoms with E-state index in [1.165, 1.54) is 263 Å². The molecule has 0 aromatic heterocycles. The summed E-state index contributed by atoms with van der Waals surface area (Å²) in [6.07, 6.45) is 72.1. The van der Waals surface area contributed by atoms with Crippen molar-refractivity contribution in [2.45, 2.75) is 310 Å². The normalized spacial score (nSPS) is 12.0. The summed E-state index contributed by atoms with van der Waals surface area (Å²) in [5, 5.41) is 0. The Kier molecular flexibility index (Phi) is 47.2. The fourth-order valence-corrected chi connectivity index (χ4v) is 14.1. The molecule has 0 N–H and O–H groups in total. The van der Waals surface area contributed by atoms with Gasteiger partial charge in [-0.1, -0.05) is 265 Å². The summed E-state index contributed by atoms with van der Waals surface area (Å²) >= 11 is 0. The van der Waals surface area contributed by atoms with Gasteiger partial charge in [-0.05, 0) is 44.9 Å². The fraction of sp³-hybridized carbons (Fsp3) is 1.00. The molecule has 0 aromatic carbocycles. The third-order valence-corrected chi connectivity index (χ3v) is 18.0. The first-order valence-corrected chi connectivity index (χ1v) is 28.6. The lowest BCUT2D eigenvalue weighted by Gasteiger charge is -2.28. The minimum atomic E-state index is -0.766. The van der Waals surface area contributed by atoms with Gasteiger partial charge in [-0.2, -0.15) is 0 Å². The van der Waals surface area contributed by atoms with Crippen molar-refractivity contribution in [3.05, 3.63) is 0 Å². The van der Waals surface area contributed by atoms with Crippen LogP contribution >= 0.6 is 7.26 Å². The van der Waals surface area contributed by atoms with Crippen LogP contribution in [0.3, 0.4) is 0 Å². The van der Waals surface area contributed by atoms with Crippen molar-refractivity contribution in [3.8, 4) is 0 Å². The van der Waals surface area contributed by atoms with Crippen molar-refractivity contribution in [1.82, 2.24) is 0 Å². The van der Waals surface area contributed by atoms with E-state index in [2.05, 4.69) is 27.7 Å². The second-order valence-corrected chi connectivity index (χ2v) is 22.9. The highest BCUT2D eigenvalue weighted by Crippen LogP contribution is 2.61. The molecule has 0 spiro atoms. The standard InChI is InChI=1S/C52H108P/c1-5-9-13-16-19-22-25-28-31-34-37-40-43-46-50-53(49-12-8-4,51-47-44-41-38-35-32-29-26-23-20-17-14-10-6-2)52-48-45-42-39-36-33-30-27-24-21-18-15-11-7-3/h5-52H2,1-4H3/q+1. The predicted octanol–water partition coefficient (Wildman–Crippen LogP) is 20.2. The Morgan fingerprint density at radius 2 is 0.283 bits per heavy atom. The summed E-state index contributed by atoms with van der Waals surface area (Å²) in [7, 11) is -0.766. The molecule has 0 rings (SSSR count). The van der Waals surface area contributed by atoms with E-state index in [0.29, 0.717) is 0 Å². The topological polar surface area (TPSA) is 0 Å². The Labute approximate surface area is 340 Å². The summed E-state index contributed by atoms with van der Waals surface area (Å²) in [5.41, 5.74) is 0. The Balaban J connectivity index is 4.42. The van der Waals surface area contributed by atoms with E-state index in [0.717, 1.165) is 0 Å². The molecule has 0 saturated carbocycles. The minimum Gasteiger partial charge on any atom is -0.0654 e. The van der Waals surface area contributed by atoms with Crippen molar-refractivity contribution in [1.29, 1.82) is 0 Å². The SMILES string of the molecule is CCCCCCCCCCCCCCCC[P+](CCCC)(CCCCCCCCCCCCCCCC)CCCCCCCCCCCCCCCC. The largest absolute Gasteiger partial charge is 0.0654 e. The predicted molar refractivity (Wildman–Crippen MR) is 252 cm³/mol. The summed E-state index contributed by atoms with van der Waals surface area (Å²) in [5.74, 6) is 0. The minimum absolute atomic E-state index is 0.766. The number of rotatable bonds is 48. The van der Waals surface area contributed by atoms with Gasteiger partial charge in [0.15, 0.2) is 0 Å². The highest BCUT2D eigenvalue weighted by atomic mass is 31.2. The smallest absolute Gasteiger partial charge is 0.0594 e. The summed E-state index contributed by atoms with van der Waals surface area (Å²) in [6, 6.07) is 0. The van der Waals surface area contributed by atoms with Gasteiger partial charge in [-0.3, -0.25) is 0 Å². The quantitative estimate of drug-likeness (QED) is 0.0428. The van der Waals surface area contributed by atoms with Crippen molar-refractivity contribution in [2.24, 2.45) is 0 Å². The molecule has 0 aliphatic carbocycles. The number of hydrogen-bond donors (Lipinski definition) is 0. The van der Waals surface area contributed by atoms with Crippen LogP contribution in [0.2, 0.25) is 0 Å². The zero-order valence-corrected chi connectivity index (χ0v) is 39.3. The molecule has 1 heteroatoms. The third kappa shape index (κ3) is 41.9. The van der Waals surface area contributed by atoms with Gasteiger partial charge < -0.3 is 0 Å². The molecule has 320 valence electrons. The molecule has 0 fully saturated rings. The summed E-state index contributed by atoms with van der Waals surface area (Å²) in [6.45, 7) is 9.44. The van der Waals surface area contributed by atoms with Crippen molar-refractivity contribution >= 4 is 7.26 Å². The van der Waals surface area contributed by atoms with E-state index in [9.17, 15) is 0 Å². The zero-order valence-electron chi connectivity index (χ0n) is 38.4. The van der Waals surface area contributed by atoms with Gasteiger partial charge in [0.05, 0.1) is 24.6 Å². The Bertz CT molecular complexity index is 548. The van der Waals surface area contributed by atoms with Gasteiger partial charge in [0.1, 0.15) is 0 Å². The summed E-state index contributed by atoms with van der Waals surface area (Å²) in [4.78, 5) is 0. The van der Waals surface area contributed by atoms with E-state index in [-0.39, 0.29) is 0 Å². The van der Waals surface area contributed by atoms with E-state index in [4.69, 9.17) is 0 Å². The molecule has 0 aromatic rings. The van der Waals surface area contributed by atoms with Gasteiger partial charge >= 0.3 is 0 Å². The maximum atomic E-state index is 2.46. The molecule has 0 unspecified atom stereocenters. The Hall–Kier alpha value is 0.430. The number of hydrogen-bond acceptors (Lipinski definition) is 0. The van der Waals surface area contributed by atoms with Crippen LogP contribution in [0.15, 0.2) is 0 Å². The van der Waals surface area contributed by atoms with Gasteiger partial charge in [-0.25, -0.2) is 0 Å². The molecular formula is C52H108P+. The van der Waals surface area contributed by atoms with Crippen LogP contribution < -0.4 is 0 Å². The van der Waals surface area contributed by atoms with Crippen LogP contribution in [-0.2, 0) is 0 Å². The van der Waals surface area contributed by atoms with E-state index in [1.807, 2.05) is 0 Å². The monoisotopic (exact) mass is 764 g/mol. The highest BCUT2D eigenvalue weighted by Gasteiger charge is 2.34. The van der Waals surface area contributed by atoms with Crippen LogP contribution in [0.4, 0.5) is 0 Å². The van der Waals surface area contributed by atoms with Gasteiger partial charge in [0.2, 0.25) is 0 Å². The zero-order chi connectivity index (χ0) is 38.4. The molecule has 0 aliphatic rings. The van der Waals surface area contributed by atoms with E-state index in [1.54, 1.807) is 43.9 Å². The van der Waals surface area contributed by atoms with E-state index < -0.39 is 7.26 Å². The Morgan fingerprint density at radius 1 is 0.151 bits per heavy atom. The van der Waals surface area contributed by atoms with Gasteiger partial charge in [0.25, 0.3) is 0 Å². The third-order valence-electron chi connectivity index (χ3n) is 12.9. The second-order valence-electron chi connectivity index (χ2n) is 18.4. The first-order chi connectivity index (χ1) is 26.2. The van der Waals surface area contributed by atoms with Crippen LogP contribution in [0, 0.1) is 0 Å². The first-order valence-electron chi connectivity index (χ1n) is 26.1. The lowest BCUT2D eigenvalue weighted by Crippen LogP contribution is -2.13. The molecule has 0 amide bonds. The van der Waals surface area contributed by atoms with Crippen LogP contribution in [0.5, 0.6) is 0 Å². The lowest BCUT2D eigenvalue weighted by molar-refractivity contribution is 0.537. The fourth-order valence-electron chi connectivity index (χ4n) is 9.09. The average molecular weight is 764 g/mol. The van der Waals surface area contributed by atoms with E-state index >= 15 is 0 Å². The van der Waals surface area contributed by atoms with Gasteiger partial charge in [0, 0.05) is 7.26 Å². The molecular weight excluding hydrogens is 656 g/mol. The van der Waals surface area contributed by atoms with Crippen molar-refractivity contribution < 1.29 is 0 Å². The molecule has 0 heterocycles. The molecule has 0 atom stereocenters. The van der Waals surface area contributed by atoms with Crippen LogP contribution in [0.25, 0.3) is 0 Å². The second kappa shape index (κ2) is 46.8. The lowest BCUT2D eigenvalue weighted by atomic mass is 10.0. The van der Waals surface area contributed by atoms with Crippen molar-refractivity contribution in [2.75, 3.05) is 24.6 Å². The molecule has 0 aliphatic heterocycles. The number of unbranched alkanes of at least 4 members (excludes halogenated alkanes) is 40. The highest BCUT2D eigenvalue weighted by molar-refractivity contribution is 7.75. The van der Waals surface area contributed by atoms with Gasteiger partial charge in [-0.15, -0.1) is 0 Å². The maximum Gasteiger partial charge on any atom is 0.0594 e. The molecule has 0 nitrogen and oxygen atoms in total. The summed E-state index contributed by atoms with van der Waals surface area (Å²) < 4.78 is 0. The molecule has 0 radical (unpaired) electrons. The first kappa shape index (κ1) is 53.4. The molecule has 0 saturated heterocycles. The average Bonchev–Trinajstić information content (AvgIpc) is 3.17. The maximum absolute atomic E-state index is 2.46. The van der Waals surface area contributed by atoms with Crippen molar-refractivity contribution in [3.63, 3.8) is 0 Å². The van der Waals surface area contributed by atoms with Crippen LogP contribution in [0.1, 0.15) is 310 Å².